The number of ketones is 1. The molecule has 24 heavy (non-hydrogen) atoms. The van der Waals surface area contributed by atoms with Crippen LogP contribution in [0.4, 0.5) is 0 Å². The second kappa shape index (κ2) is 6.57. The first-order valence-corrected chi connectivity index (χ1v) is 7.85. The third-order valence-corrected chi connectivity index (χ3v) is 4.64. The molecule has 0 aliphatic carbocycles. The third-order valence-electron chi connectivity index (χ3n) is 4.64. The number of Topliss-reactive ketones (excluding diaryl/α,β-unsaturated/α-hetero) is 1. The minimum atomic E-state index is -0.804. The molecule has 1 saturated heterocycles. The van der Waals surface area contributed by atoms with Gasteiger partial charge in [-0.1, -0.05) is 30.3 Å². The first-order valence-electron chi connectivity index (χ1n) is 7.85. The van der Waals surface area contributed by atoms with Crippen LogP contribution < -0.4 is 0 Å². The second-order valence-corrected chi connectivity index (χ2v) is 5.84. The molecule has 6 heteroatoms. The van der Waals surface area contributed by atoms with Gasteiger partial charge in [-0.05, 0) is 19.4 Å². The fourth-order valence-electron chi connectivity index (χ4n) is 3.63. The Labute approximate surface area is 140 Å². The van der Waals surface area contributed by atoms with E-state index in [0.717, 1.165) is 6.42 Å². The van der Waals surface area contributed by atoms with Crippen LogP contribution in [0.15, 0.2) is 41.5 Å². The van der Waals surface area contributed by atoms with Gasteiger partial charge in [0.15, 0.2) is 5.78 Å². The van der Waals surface area contributed by atoms with Crippen molar-refractivity contribution < 1.29 is 23.9 Å². The van der Waals surface area contributed by atoms with Crippen LogP contribution in [0.2, 0.25) is 0 Å². The van der Waals surface area contributed by atoms with Crippen LogP contribution >= 0.6 is 0 Å². The Kier molecular flexibility index (Phi) is 4.49. The Morgan fingerprint density at radius 3 is 2.25 bits per heavy atom. The SMILES string of the molecule is COC(=O)C1=C(C(=O)OC)C(C(=O)c2ccccc2)N2CCCC12. The monoisotopic (exact) mass is 329 g/mol. The topological polar surface area (TPSA) is 72.9 Å². The van der Waals surface area contributed by atoms with E-state index in [4.69, 9.17) is 9.47 Å². The van der Waals surface area contributed by atoms with E-state index in [1.807, 2.05) is 11.0 Å². The van der Waals surface area contributed by atoms with Crippen LogP contribution in [0.5, 0.6) is 0 Å². The Bertz CT molecular complexity index is 709. The minimum absolute atomic E-state index is 0.114. The molecule has 0 bridgehead atoms. The van der Waals surface area contributed by atoms with E-state index in [1.54, 1.807) is 24.3 Å². The Balaban J connectivity index is 2.11. The lowest BCUT2D eigenvalue weighted by Gasteiger charge is -2.24. The Morgan fingerprint density at radius 1 is 1.00 bits per heavy atom. The number of hydrogen-bond acceptors (Lipinski definition) is 6. The van der Waals surface area contributed by atoms with Crippen LogP contribution in [0.1, 0.15) is 23.2 Å². The molecule has 3 rings (SSSR count). The zero-order chi connectivity index (χ0) is 17.3. The molecular weight excluding hydrogens is 310 g/mol. The van der Waals surface area contributed by atoms with Gasteiger partial charge in [0, 0.05) is 11.6 Å². The summed E-state index contributed by atoms with van der Waals surface area (Å²) in [5, 5.41) is 0. The molecule has 6 nitrogen and oxygen atoms in total. The number of carbonyl (C=O) groups excluding carboxylic acids is 3. The van der Waals surface area contributed by atoms with Crippen molar-refractivity contribution in [3.63, 3.8) is 0 Å². The molecular formula is C18H19NO5. The van der Waals surface area contributed by atoms with Crippen molar-refractivity contribution in [3.8, 4) is 0 Å². The maximum Gasteiger partial charge on any atom is 0.336 e. The molecule has 0 N–H and O–H groups in total. The van der Waals surface area contributed by atoms with Gasteiger partial charge in [0.25, 0.3) is 0 Å². The van der Waals surface area contributed by atoms with Crippen molar-refractivity contribution in [2.24, 2.45) is 0 Å². The second-order valence-electron chi connectivity index (χ2n) is 5.84. The summed E-state index contributed by atoms with van der Waals surface area (Å²) in [6.45, 7) is 0.648. The fourth-order valence-corrected chi connectivity index (χ4v) is 3.63. The van der Waals surface area contributed by atoms with Gasteiger partial charge in [0.1, 0.15) is 6.04 Å². The summed E-state index contributed by atoms with van der Waals surface area (Å²) in [5.41, 5.74) is 0.875. The van der Waals surface area contributed by atoms with Crippen LogP contribution in [0, 0.1) is 0 Å². The molecule has 0 amide bonds. The first kappa shape index (κ1) is 16.4. The zero-order valence-corrected chi connectivity index (χ0v) is 13.7. The molecule has 2 unspecified atom stereocenters. The average Bonchev–Trinajstić information content (AvgIpc) is 3.20. The summed E-state index contributed by atoms with van der Waals surface area (Å²) >= 11 is 0. The first-order chi connectivity index (χ1) is 11.6. The number of carbonyl (C=O) groups is 3. The van der Waals surface area contributed by atoms with E-state index in [0.29, 0.717) is 18.5 Å². The largest absolute Gasteiger partial charge is 0.466 e. The maximum absolute atomic E-state index is 13.0. The standard InChI is InChI=1S/C18H19NO5/c1-23-17(21)13-12-9-6-10-19(12)15(14(13)18(22)24-2)16(20)11-7-4-3-5-8-11/h3-5,7-8,12,15H,6,9-10H2,1-2H3. The zero-order valence-electron chi connectivity index (χ0n) is 13.7. The van der Waals surface area contributed by atoms with Gasteiger partial charge in [-0.25, -0.2) is 9.59 Å². The van der Waals surface area contributed by atoms with Crippen molar-refractivity contribution in [1.82, 2.24) is 4.90 Å². The number of rotatable bonds is 4. The lowest BCUT2D eigenvalue weighted by molar-refractivity contribution is -0.139. The minimum Gasteiger partial charge on any atom is -0.466 e. The van der Waals surface area contributed by atoms with Crippen molar-refractivity contribution in [2.75, 3.05) is 20.8 Å². The summed E-state index contributed by atoms with van der Waals surface area (Å²) in [5.74, 6) is -1.43. The predicted octanol–water partition coefficient (Wildman–Crippen LogP) is 1.36. The van der Waals surface area contributed by atoms with Gasteiger partial charge in [0.2, 0.25) is 0 Å². The van der Waals surface area contributed by atoms with E-state index in [9.17, 15) is 14.4 Å². The molecule has 2 atom stereocenters. The van der Waals surface area contributed by atoms with Crippen LogP contribution in [0.25, 0.3) is 0 Å². The normalized spacial score (nSPS) is 23.1. The highest BCUT2D eigenvalue weighted by molar-refractivity contribution is 6.13. The number of ether oxygens (including phenoxy) is 2. The number of benzene rings is 1. The van der Waals surface area contributed by atoms with Gasteiger partial charge >= 0.3 is 11.9 Å². The highest BCUT2D eigenvalue weighted by atomic mass is 16.5. The molecule has 1 fully saturated rings. The average molecular weight is 329 g/mol. The van der Waals surface area contributed by atoms with E-state index in [1.165, 1.54) is 14.2 Å². The predicted molar refractivity (Wildman–Crippen MR) is 85.3 cm³/mol. The number of esters is 2. The van der Waals surface area contributed by atoms with Crippen LogP contribution in [0.3, 0.4) is 0 Å². The van der Waals surface area contributed by atoms with Crippen molar-refractivity contribution in [2.45, 2.75) is 24.9 Å². The van der Waals surface area contributed by atoms with E-state index in [2.05, 4.69) is 0 Å². The molecule has 2 aliphatic rings. The number of nitrogens with zero attached hydrogens (tertiary/aromatic N) is 1. The molecule has 0 radical (unpaired) electrons. The van der Waals surface area contributed by atoms with Crippen molar-refractivity contribution >= 4 is 17.7 Å². The lowest BCUT2D eigenvalue weighted by atomic mass is 9.94. The fraction of sp³-hybridized carbons (Fsp3) is 0.389. The summed E-state index contributed by atoms with van der Waals surface area (Å²) in [6, 6.07) is 7.70. The Morgan fingerprint density at radius 2 is 1.62 bits per heavy atom. The quantitative estimate of drug-likeness (QED) is 0.613. The van der Waals surface area contributed by atoms with Gasteiger partial charge in [-0.15, -0.1) is 0 Å². The number of hydrogen-bond donors (Lipinski definition) is 0. The van der Waals surface area contributed by atoms with E-state index >= 15 is 0 Å². The molecule has 2 aliphatic heterocycles. The van der Waals surface area contributed by atoms with E-state index < -0.39 is 18.0 Å². The van der Waals surface area contributed by atoms with Crippen LogP contribution in [-0.4, -0.2) is 55.5 Å². The highest BCUT2D eigenvalue weighted by Crippen LogP contribution is 2.39. The smallest absolute Gasteiger partial charge is 0.336 e. The molecule has 0 aromatic heterocycles. The summed E-state index contributed by atoms with van der Waals surface area (Å²) < 4.78 is 9.72. The molecule has 126 valence electrons. The molecule has 0 saturated carbocycles. The Hall–Kier alpha value is -2.47. The highest BCUT2D eigenvalue weighted by Gasteiger charge is 2.51. The molecule has 2 heterocycles. The summed E-state index contributed by atoms with van der Waals surface area (Å²) in [4.78, 5) is 39.6. The van der Waals surface area contributed by atoms with Gasteiger partial charge in [-0.2, -0.15) is 0 Å². The maximum atomic E-state index is 13.0. The van der Waals surface area contributed by atoms with Gasteiger partial charge in [0.05, 0.1) is 25.4 Å². The summed E-state index contributed by atoms with van der Waals surface area (Å²) in [6.07, 6.45) is 1.57. The number of fused-ring (bicyclic) bond motifs is 1. The van der Waals surface area contributed by atoms with Gasteiger partial charge in [-0.3, -0.25) is 9.69 Å². The van der Waals surface area contributed by atoms with Gasteiger partial charge < -0.3 is 9.47 Å². The van der Waals surface area contributed by atoms with Crippen LogP contribution in [-0.2, 0) is 19.1 Å². The third kappa shape index (κ3) is 2.53. The van der Waals surface area contributed by atoms with E-state index in [-0.39, 0.29) is 23.0 Å². The summed E-state index contributed by atoms with van der Waals surface area (Å²) in [7, 11) is 2.52. The molecule has 1 aromatic carbocycles. The molecule has 1 aromatic rings. The number of methoxy groups -OCH3 is 2. The lowest BCUT2D eigenvalue weighted by Crippen LogP contribution is -2.41. The molecule has 0 spiro atoms. The van der Waals surface area contributed by atoms with Crippen molar-refractivity contribution in [3.05, 3.63) is 47.0 Å². The van der Waals surface area contributed by atoms with Crippen molar-refractivity contribution in [1.29, 1.82) is 0 Å².